The standard InChI is InChI=1S/C9H8BrF2NO2/c1-4-2-5(9(14)15)6(3-10)7(13-4)8(11)12/h2,8H,3H2,1H3,(H,14,15). The van der Waals surface area contributed by atoms with Gasteiger partial charge >= 0.3 is 5.97 Å². The van der Waals surface area contributed by atoms with Crippen LogP contribution in [-0.4, -0.2) is 16.1 Å². The Balaban J connectivity index is 3.45. The predicted molar refractivity (Wildman–Crippen MR) is 53.5 cm³/mol. The molecule has 0 spiro atoms. The fraction of sp³-hybridized carbons (Fsp3) is 0.333. The minimum atomic E-state index is -2.77. The van der Waals surface area contributed by atoms with Crippen molar-refractivity contribution in [2.75, 3.05) is 0 Å². The van der Waals surface area contributed by atoms with Crippen LogP contribution in [0.15, 0.2) is 6.07 Å². The molecule has 15 heavy (non-hydrogen) atoms. The van der Waals surface area contributed by atoms with Crippen LogP contribution in [-0.2, 0) is 5.33 Å². The molecule has 0 atom stereocenters. The van der Waals surface area contributed by atoms with Crippen LogP contribution in [0.25, 0.3) is 0 Å². The van der Waals surface area contributed by atoms with Crippen molar-refractivity contribution in [3.05, 3.63) is 28.6 Å². The Labute approximate surface area is 93.3 Å². The molecule has 0 amide bonds. The summed E-state index contributed by atoms with van der Waals surface area (Å²) in [7, 11) is 0. The topological polar surface area (TPSA) is 50.2 Å². The molecule has 0 aromatic carbocycles. The van der Waals surface area contributed by atoms with Gasteiger partial charge in [-0.05, 0) is 13.0 Å². The van der Waals surface area contributed by atoms with E-state index in [9.17, 15) is 13.6 Å². The predicted octanol–water partition coefficient (Wildman–Crippen LogP) is 2.92. The average Bonchev–Trinajstić information content (AvgIpc) is 2.16. The van der Waals surface area contributed by atoms with Crippen molar-refractivity contribution in [2.24, 2.45) is 0 Å². The summed E-state index contributed by atoms with van der Waals surface area (Å²) in [6.07, 6.45) is -2.77. The molecule has 0 aliphatic heterocycles. The third kappa shape index (κ3) is 2.50. The number of halogens is 3. The molecule has 1 N–H and O–H groups in total. The maximum absolute atomic E-state index is 12.6. The quantitative estimate of drug-likeness (QED) is 0.866. The van der Waals surface area contributed by atoms with Crippen molar-refractivity contribution in [3.63, 3.8) is 0 Å². The van der Waals surface area contributed by atoms with Crippen molar-refractivity contribution < 1.29 is 18.7 Å². The van der Waals surface area contributed by atoms with E-state index in [2.05, 4.69) is 20.9 Å². The van der Waals surface area contributed by atoms with E-state index in [1.165, 1.54) is 13.0 Å². The van der Waals surface area contributed by atoms with Crippen LogP contribution in [0, 0.1) is 6.92 Å². The lowest BCUT2D eigenvalue weighted by molar-refractivity contribution is 0.0695. The van der Waals surface area contributed by atoms with Crippen LogP contribution in [0.5, 0.6) is 0 Å². The normalized spacial score (nSPS) is 10.7. The number of rotatable bonds is 3. The lowest BCUT2D eigenvalue weighted by Gasteiger charge is -2.09. The van der Waals surface area contributed by atoms with Crippen molar-refractivity contribution in [3.8, 4) is 0 Å². The number of aryl methyl sites for hydroxylation is 1. The zero-order valence-corrected chi connectivity index (χ0v) is 9.38. The number of carboxylic acids is 1. The SMILES string of the molecule is Cc1cc(C(=O)O)c(CBr)c(C(F)F)n1. The monoisotopic (exact) mass is 279 g/mol. The number of pyridine rings is 1. The first kappa shape index (κ1) is 12.0. The van der Waals surface area contributed by atoms with Gasteiger partial charge in [-0.1, -0.05) is 15.9 Å². The molecular formula is C9H8BrF2NO2. The van der Waals surface area contributed by atoms with Crippen LogP contribution in [0.4, 0.5) is 8.78 Å². The van der Waals surface area contributed by atoms with E-state index in [-0.39, 0.29) is 22.2 Å². The molecule has 1 aromatic rings. The molecular weight excluding hydrogens is 272 g/mol. The number of carboxylic acid groups (broad SMARTS) is 1. The molecule has 1 heterocycles. The van der Waals surface area contributed by atoms with Gasteiger partial charge in [0.15, 0.2) is 0 Å². The molecule has 0 aliphatic rings. The first-order chi connectivity index (χ1) is 6.97. The van der Waals surface area contributed by atoms with E-state index in [1.807, 2.05) is 0 Å². The van der Waals surface area contributed by atoms with E-state index in [1.54, 1.807) is 0 Å². The van der Waals surface area contributed by atoms with Gasteiger partial charge in [0.05, 0.1) is 5.56 Å². The van der Waals surface area contributed by atoms with Gasteiger partial charge in [0.2, 0.25) is 0 Å². The van der Waals surface area contributed by atoms with E-state index in [4.69, 9.17) is 5.11 Å². The van der Waals surface area contributed by atoms with Crippen molar-refractivity contribution in [1.82, 2.24) is 4.98 Å². The van der Waals surface area contributed by atoms with Crippen LogP contribution in [0.3, 0.4) is 0 Å². The van der Waals surface area contributed by atoms with Gasteiger partial charge in [-0.15, -0.1) is 0 Å². The second-order valence-corrected chi connectivity index (χ2v) is 3.48. The van der Waals surface area contributed by atoms with Gasteiger partial charge in [0, 0.05) is 16.6 Å². The van der Waals surface area contributed by atoms with Gasteiger partial charge in [-0.25, -0.2) is 13.6 Å². The Morgan fingerprint density at radius 2 is 2.27 bits per heavy atom. The van der Waals surface area contributed by atoms with Gasteiger partial charge < -0.3 is 5.11 Å². The molecule has 1 aromatic heterocycles. The van der Waals surface area contributed by atoms with E-state index >= 15 is 0 Å². The maximum Gasteiger partial charge on any atom is 0.336 e. The third-order valence-electron chi connectivity index (χ3n) is 1.86. The number of hydrogen-bond donors (Lipinski definition) is 1. The number of nitrogens with zero attached hydrogens (tertiary/aromatic N) is 1. The number of hydrogen-bond acceptors (Lipinski definition) is 2. The van der Waals surface area contributed by atoms with Crippen molar-refractivity contribution in [2.45, 2.75) is 18.7 Å². The third-order valence-corrected chi connectivity index (χ3v) is 2.42. The Hall–Kier alpha value is -1.04. The molecule has 82 valence electrons. The number of aromatic carboxylic acids is 1. The second kappa shape index (κ2) is 4.65. The minimum Gasteiger partial charge on any atom is -0.478 e. The summed E-state index contributed by atoms with van der Waals surface area (Å²) in [4.78, 5) is 14.5. The Morgan fingerprint density at radius 1 is 1.67 bits per heavy atom. The highest BCUT2D eigenvalue weighted by Gasteiger charge is 2.21. The molecule has 6 heteroatoms. The molecule has 0 saturated carbocycles. The Morgan fingerprint density at radius 3 is 2.67 bits per heavy atom. The highest BCUT2D eigenvalue weighted by molar-refractivity contribution is 9.08. The smallest absolute Gasteiger partial charge is 0.336 e. The maximum atomic E-state index is 12.6. The molecule has 1 rings (SSSR count). The van der Waals surface area contributed by atoms with Crippen molar-refractivity contribution >= 4 is 21.9 Å². The molecule has 0 aliphatic carbocycles. The molecule has 3 nitrogen and oxygen atoms in total. The number of alkyl halides is 3. The molecule has 0 saturated heterocycles. The summed E-state index contributed by atoms with van der Waals surface area (Å²) in [6.45, 7) is 1.48. The summed E-state index contributed by atoms with van der Waals surface area (Å²) < 4.78 is 25.1. The van der Waals surface area contributed by atoms with E-state index < -0.39 is 18.1 Å². The Bertz CT molecular complexity index is 396. The lowest BCUT2D eigenvalue weighted by Crippen LogP contribution is -2.08. The highest BCUT2D eigenvalue weighted by Crippen LogP contribution is 2.26. The average molecular weight is 280 g/mol. The summed E-state index contributed by atoms with van der Waals surface area (Å²) >= 11 is 2.98. The van der Waals surface area contributed by atoms with Crippen LogP contribution >= 0.6 is 15.9 Å². The van der Waals surface area contributed by atoms with Crippen LogP contribution in [0.2, 0.25) is 0 Å². The van der Waals surface area contributed by atoms with E-state index in [0.717, 1.165) is 0 Å². The van der Waals surface area contributed by atoms with Crippen molar-refractivity contribution in [1.29, 1.82) is 0 Å². The van der Waals surface area contributed by atoms with Gasteiger partial charge in [-0.2, -0.15) is 0 Å². The summed E-state index contributed by atoms with van der Waals surface area (Å²) in [5, 5.41) is 8.88. The fourth-order valence-electron chi connectivity index (χ4n) is 1.24. The number of carbonyl (C=O) groups is 1. The molecule has 0 unspecified atom stereocenters. The zero-order chi connectivity index (χ0) is 11.6. The first-order valence-corrected chi connectivity index (χ1v) is 5.17. The van der Waals surface area contributed by atoms with E-state index in [0.29, 0.717) is 0 Å². The summed E-state index contributed by atoms with van der Waals surface area (Å²) in [5.74, 6) is -1.23. The molecule has 0 radical (unpaired) electrons. The van der Waals surface area contributed by atoms with Crippen LogP contribution in [0.1, 0.15) is 33.7 Å². The van der Waals surface area contributed by atoms with Gasteiger partial charge in [0.25, 0.3) is 6.43 Å². The number of aromatic nitrogens is 1. The summed E-state index contributed by atoms with van der Waals surface area (Å²) in [6, 6.07) is 1.28. The van der Waals surface area contributed by atoms with Crippen LogP contribution < -0.4 is 0 Å². The molecule has 0 bridgehead atoms. The Kier molecular flexibility index (Phi) is 3.73. The van der Waals surface area contributed by atoms with Gasteiger partial charge in [0.1, 0.15) is 5.69 Å². The zero-order valence-electron chi connectivity index (χ0n) is 7.80. The minimum absolute atomic E-state index is 0.0306. The fourth-order valence-corrected chi connectivity index (χ4v) is 1.82. The summed E-state index contributed by atoms with van der Waals surface area (Å²) in [5.41, 5.74) is -0.297. The largest absolute Gasteiger partial charge is 0.478 e. The molecule has 0 fully saturated rings. The second-order valence-electron chi connectivity index (χ2n) is 2.91. The lowest BCUT2D eigenvalue weighted by atomic mass is 10.1. The first-order valence-electron chi connectivity index (χ1n) is 4.05. The van der Waals surface area contributed by atoms with Gasteiger partial charge in [-0.3, -0.25) is 4.98 Å². The highest BCUT2D eigenvalue weighted by atomic mass is 79.9.